The summed E-state index contributed by atoms with van der Waals surface area (Å²) in [6.45, 7) is 0. The van der Waals surface area contributed by atoms with E-state index >= 15 is 0 Å². The van der Waals surface area contributed by atoms with Gasteiger partial charge in [0.2, 0.25) is 0 Å². The zero-order valence-corrected chi connectivity index (χ0v) is 8.92. The molecule has 6 heteroatoms. The summed E-state index contributed by atoms with van der Waals surface area (Å²) >= 11 is 3.47. The van der Waals surface area contributed by atoms with Crippen molar-refractivity contribution in [3.63, 3.8) is 0 Å². The molecule has 3 nitrogen and oxygen atoms in total. The maximum atomic E-state index is 9.11. The van der Waals surface area contributed by atoms with Crippen LogP contribution in [0.2, 0.25) is 0 Å². The Kier molecular flexibility index (Phi) is 9.69. The second-order valence-electron chi connectivity index (χ2n) is 1.53. The molecule has 0 radical (unpaired) electrons. The van der Waals surface area contributed by atoms with Crippen LogP contribution in [0.5, 0.6) is 0 Å². The van der Waals surface area contributed by atoms with Crippen LogP contribution in [0.15, 0.2) is 30.3 Å². The Morgan fingerprint density at radius 1 is 1.17 bits per heavy atom. The molecule has 0 amide bonds. The molecule has 0 atom stereocenters. The van der Waals surface area contributed by atoms with Gasteiger partial charge in [0.15, 0.2) is 0 Å². The van der Waals surface area contributed by atoms with Crippen LogP contribution in [0, 0.1) is 6.07 Å². The van der Waals surface area contributed by atoms with E-state index in [-0.39, 0.29) is 22.4 Å². The van der Waals surface area contributed by atoms with E-state index in [1.807, 2.05) is 30.3 Å². The molecular weight excluding hydrogens is 292 g/mol. The molecule has 0 aliphatic heterocycles. The fourth-order valence-electron chi connectivity index (χ4n) is 0.342. The summed E-state index contributed by atoms with van der Waals surface area (Å²) in [5.41, 5.74) is 0. The Balaban J connectivity index is 0. The molecular formula is C6H7AgO3S2. The molecule has 0 heterocycles. The first-order valence-electron chi connectivity index (χ1n) is 2.61. The van der Waals surface area contributed by atoms with E-state index in [0.29, 0.717) is 0 Å². The molecule has 2 N–H and O–H groups in total. The molecule has 0 aliphatic rings. The minimum Gasteiger partial charge on any atom is -0.285 e. The maximum absolute atomic E-state index is 9.11. The van der Waals surface area contributed by atoms with Crippen molar-refractivity contribution in [2.75, 3.05) is 0 Å². The number of benzene rings is 1. The average molecular weight is 299 g/mol. The predicted molar refractivity (Wildman–Crippen MR) is 46.0 cm³/mol. The molecule has 0 saturated heterocycles. The maximum Gasteiger partial charge on any atom is 1.00 e. The molecule has 0 bridgehead atoms. The first-order chi connectivity index (χ1) is 5.00. The number of rotatable bonds is 0. The third-order valence-electron chi connectivity index (χ3n) is 0.607. The van der Waals surface area contributed by atoms with Gasteiger partial charge >= 0.3 is 22.4 Å². The van der Waals surface area contributed by atoms with Crippen molar-refractivity contribution in [1.82, 2.24) is 0 Å². The van der Waals surface area contributed by atoms with E-state index in [4.69, 9.17) is 13.3 Å². The van der Waals surface area contributed by atoms with E-state index in [0.717, 1.165) is 0 Å². The Morgan fingerprint density at radius 2 is 1.50 bits per heavy atom. The third-order valence-corrected chi connectivity index (χ3v) is 0.607. The van der Waals surface area contributed by atoms with Crippen LogP contribution in [-0.2, 0) is 42.6 Å². The smallest absolute Gasteiger partial charge is 0.285 e. The van der Waals surface area contributed by atoms with Gasteiger partial charge in [-0.25, -0.2) is 0 Å². The van der Waals surface area contributed by atoms with Crippen LogP contribution in [0.4, 0.5) is 0 Å². The minimum atomic E-state index is -3.83. The molecule has 0 unspecified atom stereocenters. The summed E-state index contributed by atoms with van der Waals surface area (Å²) in [4.78, 5) is 0. The summed E-state index contributed by atoms with van der Waals surface area (Å²) < 4.78 is 24.0. The van der Waals surface area contributed by atoms with Crippen molar-refractivity contribution in [2.24, 2.45) is 0 Å². The first-order valence-corrected chi connectivity index (χ1v) is 5.01. The third kappa shape index (κ3) is 22.5. The van der Waals surface area contributed by atoms with Gasteiger partial charge in [0.05, 0.1) is 0 Å². The van der Waals surface area contributed by atoms with E-state index < -0.39 is 9.05 Å². The number of hydrogen-bond donors (Lipinski definition) is 2. The van der Waals surface area contributed by atoms with Gasteiger partial charge in [0.1, 0.15) is 0 Å². The Labute approximate surface area is 92.0 Å². The Bertz CT molecular complexity index is 237. The van der Waals surface area contributed by atoms with Gasteiger partial charge in [-0.2, -0.15) is 40.6 Å². The van der Waals surface area contributed by atoms with Gasteiger partial charge in [-0.05, 0) is 0 Å². The van der Waals surface area contributed by atoms with Crippen molar-refractivity contribution in [3.05, 3.63) is 36.4 Å². The summed E-state index contributed by atoms with van der Waals surface area (Å²) in [5.74, 6) is 0. The fraction of sp³-hybridized carbons (Fsp3) is 0. The summed E-state index contributed by atoms with van der Waals surface area (Å²) in [6, 6.07) is 12.5. The molecule has 0 saturated carbocycles. The SMILES string of the molecule is O=S(O)(O)=S.[Ag+].[c-]1ccccc1. The van der Waals surface area contributed by atoms with Gasteiger partial charge in [-0.15, -0.1) is 0 Å². The molecule has 0 spiro atoms. The Hall–Kier alpha value is 0.250. The van der Waals surface area contributed by atoms with Crippen molar-refractivity contribution in [1.29, 1.82) is 0 Å². The first kappa shape index (κ1) is 14.8. The molecule has 72 valence electrons. The molecule has 0 aliphatic carbocycles. The molecule has 0 fully saturated rings. The van der Waals surface area contributed by atoms with Crippen LogP contribution >= 0.6 is 0 Å². The topological polar surface area (TPSA) is 57.5 Å². The van der Waals surface area contributed by atoms with Crippen molar-refractivity contribution in [3.8, 4) is 0 Å². The van der Waals surface area contributed by atoms with Crippen LogP contribution in [0.1, 0.15) is 0 Å². The zero-order valence-electron chi connectivity index (χ0n) is 5.81. The van der Waals surface area contributed by atoms with Crippen molar-refractivity contribution in [2.45, 2.75) is 0 Å². The van der Waals surface area contributed by atoms with E-state index in [1.165, 1.54) is 0 Å². The minimum absolute atomic E-state index is 0. The standard InChI is InChI=1S/C6H5.Ag.H2O3S2/c1-2-4-6-5-3-1;;1-5(2,3)4/h1-5H;;(H2,1,2,3,4)/q-1;+1;. The number of hydrogen-bond acceptors (Lipinski definition) is 2. The van der Waals surface area contributed by atoms with Gasteiger partial charge in [-0.3, -0.25) is 9.11 Å². The second-order valence-corrected chi connectivity index (χ2v) is 3.72. The molecule has 12 heavy (non-hydrogen) atoms. The van der Waals surface area contributed by atoms with Gasteiger partial charge < -0.3 is 0 Å². The largest absolute Gasteiger partial charge is 1.00 e. The zero-order chi connectivity index (χ0) is 8.74. The molecule has 1 rings (SSSR count). The fourth-order valence-corrected chi connectivity index (χ4v) is 0.342. The van der Waals surface area contributed by atoms with Crippen LogP contribution < -0.4 is 0 Å². The van der Waals surface area contributed by atoms with E-state index in [9.17, 15) is 0 Å². The predicted octanol–water partition coefficient (Wildman–Crippen LogP) is 1.16. The van der Waals surface area contributed by atoms with E-state index in [1.54, 1.807) is 0 Å². The van der Waals surface area contributed by atoms with Crippen LogP contribution in [0.3, 0.4) is 0 Å². The van der Waals surface area contributed by atoms with Crippen LogP contribution in [0.25, 0.3) is 0 Å². The molecule has 0 aromatic heterocycles. The van der Waals surface area contributed by atoms with Gasteiger partial charge in [-0.1, -0.05) is 0 Å². The Morgan fingerprint density at radius 3 is 1.58 bits per heavy atom. The average Bonchev–Trinajstić information content (AvgIpc) is 1.88. The van der Waals surface area contributed by atoms with Gasteiger partial charge in [0.25, 0.3) is 9.05 Å². The monoisotopic (exact) mass is 298 g/mol. The normalized spacial score (nSPS) is 8.83. The summed E-state index contributed by atoms with van der Waals surface area (Å²) in [7, 11) is -3.83. The quantitative estimate of drug-likeness (QED) is 0.557. The second kappa shape index (κ2) is 7.88. The van der Waals surface area contributed by atoms with E-state index in [2.05, 4.69) is 17.3 Å². The van der Waals surface area contributed by atoms with Crippen LogP contribution in [-0.4, -0.2) is 13.3 Å². The van der Waals surface area contributed by atoms with Crippen molar-refractivity contribution < 1.29 is 35.7 Å². The summed E-state index contributed by atoms with van der Waals surface area (Å²) in [6.07, 6.45) is 0. The van der Waals surface area contributed by atoms with Crippen molar-refractivity contribution >= 4 is 20.2 Å². The van der Waals surface area contributed by atoms with Gasteiger partial charge in [0, 0.05) is 11.2 Å². The molecule has 1 aromatic carbocycles. The molecule has 1 aromatic rings. The summed E-state index contributed by atoms with van der Waals surface area (Å²) in [5, 5.41) is 0.